The highest BCUT2D eigenvalue weighted by Crippen LogP contribution is 2.45. The second-order valence-electron chi connectivity index (χ2n) is 21.5. The molecule has 0 saturated carbocycles. The van der Waals surface area contributed by atoms with E-state index in [4.69, 9.17) is 32.3 Å². The Morgan fingerprint density at radius 3 is 0.934 bits per heavy atom. The third kappa shape index (κ3) is 66.2. The van der Waals surface area contributed by atoms with Gasteiger partial charge in [-0.25, -0.2) is 9.13 Å². The summed E-state index contributed by atoms with van der Waals surface area (Å²) in [5.74, 6) is -1.72. The molecule has 4 N–H and O–H groups in total. The third-order valence-corrected chi connectivity index (χ3v) is 14.8. The topological polar surface area (TPSA) is 231 Å². The first-order valence-electron chi connectivity index (χ1n) is 33.4. The van der Waals surface area contributed by atoms with Crippen molar-refractivity contribution >= 4 is 33.6 Å². The van der Waals surface area contributed by atoms with Crippen LogP contribution in [0.4, 0.5) is 0 Å². The average Bonchev–Trinajstić information content (AvgIpc) is 3.02. The Balaban J connectivity index is 4.83. The van der Waals surface area contributed by atoms with Gasteiger partial charge in [-0.1, -0.05) is 229 Å². The molecule has 0 aromatic rings. The molecule has 0 rings (SSSR count). The number of carbonyl (C=O) groups excluding carboxylic acids is 3. The number of aliphatic hydroxyl groups is 2. The number of hydrogen-bond acceptors (Lipinski definition) is 14. The van der Waals surface area contributed by atoms with E-state index in [0.717, 1.165) is 148 Å². The first kappa shape index (κ1) is 85.9. The molecule has 0 fully saturated rings. The number of esters is 3. The standard InChI is InChI=1S/C73H116O16P2/c1-4-7-10-13-16-19-22-25-28-31-33-36-38-41-44-47-50-53-56-59-71(76)83-62-68(74)63-85-90(79,80)86-64-69(75)65-87-91(81,82)88-67-70(89-73(78)61-58-55-52-49-46-43-40-35-30-27-24-21-18-15-12-9-6-3)66-84-72(77)60-57-54-51-48-45-42-39-37-34-32-29-26-23-20-17-14-11-8-5-2/h7-12,16-21,25-30,33-34,36-37,40-41,43-44,50,53,68-70,74-75H,4-6,13-15,22-24,31-32,35,38-39,42,45-49,51-52,54-67H2,1-3H3,(H,79,80)(H,81,82)/b10-7-,11-8-,12-9-,19-16-,20-17-,21-18-,28-25-,29-26-,30-27-,36-33-,37-34-,43-40-,44-41-,53-50-. The molecule has 0 aliphatic carbocycles. The van der Waals surface area contributed by atoms with Gasteiger partial charge in [-0.15, -0.1) is 0 Å². The lowest BCUT2D eigenvalue weighted by atomic mass is 10.1. The van der Waals surface area contributed by atoms with Crippen LogP contribution >= 0.6 is 15.6 Å². The number of rotatable bonds is 61. The van der Waals surface area contributed by atoms with E-state index in [-0.39, 0.29) is 19.3 Å². The van der Waals surface area contributed by atoms with Gasteiger partial charge in [0.15, 0.2) is 6.10 Å². The smallest absolute Gasteiger partial charge is 0.463 e. The van der Waals surface area contributed by atoms with E-state index in [2.05, 4.69) is 173 Å². The summed E-state index contributed by atoms with van der Waals surface area (Å²) in [5, 5.41) is 20.5. The minimum absolute atomic E-state index is 0.0536. The summed E-state index contributed by atoms with van der Waals surface area (Å²) in [6.45, 7) is 2.15. The number of phosphoric acid groups is 2. The number of allylic oxidation sites excluding steroid dienone is 28. The SMILES string of the molecule is CC/C=C\C/C=C\C/C=C\C/C=C\C/C=C\C/C=C\CCC(=O)OCC(O)COP(=O)(O)OCC(O)COP(=O)(O)OCC(COC(=O)CCCCCCCC/C=C\C/C=C\C/C=C\C/C=C\CC)OC(=O)CCCCCC/C=C\C/C=C\C/C=C\C/C=C\CC. The Morgan fingerprint density at radius 2 is 0.571 bits per heavy atom. The molecule has 16 nitrogen and oxygen atoms in total. The van der Waals surface area contributed by atoms with Gasteiger partial charge in [0.2, 0.25) is 0 Å². The van der Waals surface area contributed by atoms with E-state index in [0.29, 0.717) is 25.7 Å². The van der Waals surface area contributed by atoms with Gasteiger partial charge in [-0.3, -0.25) is 32.5 Å². The van der Waals surface area contributed by atoms with Crippen LogP contribution in [-0.4, -0.2) is 95.9 Å². The molecule has 0 aliphatic rings. The zero-order valence-corrected chi connectivity index (χ0v) is 57.2. The van der Waals surface area contributed by atoms with E-state index in [9.17, 15) is 43.5 Å². The maximum Gasteiger partial charge on any atom is 0.472 e. The molecule has 0 spiro atoms. The van der Waals surface area contributed by atoms with Crippen LogP contribution in [0, 0.1) is 0 Å². The molecule has 0 amide bonds. The quantitative estimate of drug-likeness (QED) is 0.0146. The lowest BCUT2D eigenvalue weighted by Gasteiger charge is -2.21. The number of unbranched alkanes of at least 4 members (excludes halogenated alkanes) is 10. The van der Waals surface area contributed by atoms with Crippen molar-refractivity contribution < 1.29 is 75.8 Å². The molecule has 0 aromatic heterocycles. The maximum absolute atomic E-state index is 12.9. The van der Waals surface area contributed by atoms with Crippen molar-refractivity contribution in [2.45, 2.75) is 232 Å². The molecule has 5 unspecified atom stereocenters. The lowest BCUT2D eigenvalue weighted by molar-refractivity contribution is -0.161. The Hall–Kier alpha value is -5.09. The second kappa shape index (κ2) is 65.0. The van der Waals surface area contributed by atoms with Gasteiger partial charge in [0.1, 0.15) is 25.4 Å². The van der Waals surface area contributed by atoms with Crippen LogP contribution < -0.4 is 0 Å². The molecule has 0 saturated heterocycles. The van der Waals surface area contributed by atoms with Crippen LogP contribution in [0.15, 0.2) is 170 Å². The van der Waals surface area contributed by atoms with Crippen molar-refractivity contribution in [1.82, 2.24) is 0 Å². The molecule has 0 heterocycles. The first-order chi connectivity index (χ1) is 44.2. The monoisotopic (exact) mass is 1310 g/mol. The van der Waals surface area contributed by atoms with Gasteiger partial charge in [0.25, 0.3) is 0 Å². The molecule has 0 bridgehead atoms. The van der Waals surface area contributed by atoms with E-state index < -0.39 is 91.5 Å². The Bertz CT molecular complexity index is 2340. The van der Waals surface area contributed by atoms with Gasteiger partial charge >= 0.3 is 33.6 Å². The predicted molar refractivity (Wildman–Crippen MR) is 371 cm³/mol. The minimum atomic E-state index is -4.95. The van der Waals surface area contributed by atoms with Crippen LogP contribution in [-0.2, 0) is 55.8 Å². The zero-order chi connectivity index (χ0) is 66.7. The normalized spacial score (nSPS) is 15.3. The molecule has 0 radical (unpaired) electrons. The molecular formula is C73H116O16P2. The largest absolute Gasteiger partial charge is 0.472 e. The molecule has 18 heteroatoms. The summed E-state index contributed by atoms with van der Waals surface area (Å²) in [7, 11) is -9.83. The Morgan fingerprint density at radius 1 is 0.308 bits per heavy atom. The first-order valence-corrected chi connectivity index (χ1v) is 36.4. The van der Waals surface area contributed by atoms with Gasteiger partial charge in [-0.05, 0) is 135 Å². The summed E-state index contributed by atoms with van der Waals surface area (Å²) in [4.78, 5) is 58.4. The van der Waals surface area contributed by atoms with Crippen molar-refractivity contribution in [2.75, 3.05) is 39.6 Å². The highest BCUT2D eigenvalue weighted by molar-refractivity contribution is 7.47. The van der Waals surface area contributed by atoms with Crippen molar-refractivity contribution in [3.8, 4) is 0 Å². The van der Waals surface area contributed by atoms with Crippen molar-refractivity contribution in [3.63, 3.8) is 0 Å². The van der Waals surface area contributed by atoms with E-state index in [1.54, 1.807) is 0 Å². The van der Waals surface area contributed by atoms with Gasteiger partial charge in [0.05, 0.1) is 26.4 Å². The summed E-state index contributed by atoms with van der Waals surface area (Å²) in [5.41, 5.74) is 0. The van der Waals surface area contributed by atoms with E-state index in [1.807, 2.05) is 18.2 Å². The molecule has 0 aliphatic heterocycles. The fourth-order valence-corrected chi connectivity index (χ4v) is 9.51. The fourth-order valence-electron chi connectivity index (χ4n) is 7.93. The van der Waals surface area contributed by atoms with Crippen LogP contribution in [0.5, 0.6) is 0 Å². The highest BCUT2D eigenvalue weighted by Gasteiger charge is 2.29. The second-order valence-corrected chi connectivity index (χ2v) is 24.4. The Labute approximate surface area is 548 Å². The van der Waals surface area contributed by atoms with Crippen molar-refractivity contribution in [3.05, 3.63) is 170 Å². The highest BCUT2D eigenvalue weighted by atomic mass is 31.2. The van der Waals surface area contributed by atoms with Crippen molar-refractivity contribution in [2.24, 2.45) is 0 Å². The zero-order valence-electron chi connectivity index (χ0n) is 55.4. The van der Waals surface area contributed by atoms with Gasteiger partial charge in [-0.2, -0.15) is 0 Å². The van der Waals surface area contributed by atoms with E-state index in [1.165, 1.54) is 0 Å². The average molecular weight is 1310 g/mol. The van der Waals surface area contributed by atoms with Crippen LogP contribution in [0.2, 0.25) is 0 Å². The van der Waals surface area contributed by atoms with E-state index >= 15 is 0 Å². The molecule has 91 heavy (non-hydrogen) atoms. The number of hydrogen-bond donors (Lipinski definition) is 4. The molecule has 0 aromatic carbocycles. The predicted octanol–water partition coefficient (Wildman–Crippen LogP) is 18.5. The minimum Gasteiger partial charge on any atom is -0.463 e. The summed E-state index contributed by atoms with van der Waals surface area (Å²) in [6.07, 6.45) is 79.9. The third-order valence-electron chi connectivity index (χ3n) is 12.9. The number of ether oxygens (including phenoxy) is 3. The Kier molecular flexibility index (Phi) is 61.4. The summed E-state index contributed by atoms with van der Waals surface area (Å²) >= 11 is 0. The number of aliphatic hydroxyl groups excluding tert-OH is 2. The lowest BCUT2D eigenvalue weighted by Crippen LogP contribution is -2.30. The fraction of sp³-hybridized carbons (Fsp3) is 0.575. The van der Waals surface area contributed by atoms with Crippen LogP contribution in [0.25, 0.3) is 0 Å². The number of phosphoric ester groups is 2. The summed E-state index contributed by atoms with van der Waals surface area (Å²) < 4.78 is 60.8. The van der Waals surface area contributed by atoms with Gasteiger partial charge in [0, 0.05) is 19.3 Å². The molecule has 514 valence electrons. The summed E-state index contributed by atoms with van der Waals surface area (Å²) in [6, 6.07) is 0. The van der Waals surface area contributed by atoms with Crippen LogP contribution in [0.1, 0.15) is 213 Å². The van der Waals surface area contributed by atoms with Gasteiger partial charge < -0.3 is 34.2 Å². The van der Waals surface area contributed by atoms with Crippen LogP contribution in [0.3, 0.4) is 0 Å². The molecule has 5 atom stereocenters. The number of carbonyl (C=O) groups is 3. The molecular weight excluding hydrogens is 1190 g/mol. The van der Waals surface area contributed by atoms with Crippen molar-refractivity contribution in [1.29, 1.82) is 0 Å². The maximum atomic E-state index is 12.9.